The van der Waals surface area contributed by atoms with Gasteiger partial charge in [0, 0.05) is 25.5 Å². The van der Waals surface area contributed by atoms with Crippen LogP contribution in [0.1, 0.15) is 58.6 Å². The number of nitrogens with zero attached hydrogens (tertiary/aromatic N) is 2. The van der Waals surface area contributed by atoms with Crippen LogP contribution in [0.5, 0.6) is 0 Å². The van der Waals surface area contributed by atoms with Gasteiger partial charge in [0.05, 0.1) is 6.10 Å². The van der Waals surface area contributed by atoms with Crippen molar-refractivity contribution in [3.8, 4) is 0 Å². The predicted molar refractivity (Wildman–Crippen MR) is 92.6 cm³/mol. The quantitative estimate of drug-likeness (QED) is 0.624. The summed E-state index contributed by atoms with van der Waals surface area (Å²) in [5.41, 5.74) is 1.06. The summed E-state index contributed by atoms with van der Waals surface area (Å²) >= 11 is 0. The monoisotopic (exact) mass is 359 g/mol. The molecule has 0 aliphatic heterocycles. The Morgan fingerprint density at radius 2 is 1.96 bits per heavy atom. The lowest BCUT2D eigenvalue weighted by Gasteiger charge is -2.21. The molecule has 2 atom stereocenters. The summed E-state index contributed by atoms with van der Waals surface area (Å²) in [6.07, 6.45) is 3.49. The molecule has 0 saturated carbocycles. The van der Waals surface area contributed by atoms with E-state index in [2.05, 4.69) is 23.4 Å². The van der Waals surface area contributed by atoms with Gasteiger partial charge in [-0.1, -0.05) is 27.7 Å². The van der Waals surface area contributed by atoms with Gasteiger partial charge in [0.15, 0.2) is 0 Å². The maximum absolute atomic E-state index is 11.7. The first-order chi connectivity index (χ1) is 11.1. The van der Waals surface area contributed by atoms with Crippen molar-refractivity contribution < 1.29 is 18.5 Å². The summed E-state index contributed by atoms with van der Waals surface area (Å²) in [4.78, 5) is 13.8. The third-order valence-corrected chi connectivity index (χ3v) is 4.82. The minimum Gasteiger partial charge on any atom is -0.318 e. The van der Waals surface area contributed by atoms with Gasteiger partial charge in [-0.3, -0.25) is 14.5 Å². The van der Waals surface area contributed by atoms with E-state index in [1.165, 1.54) is 0 Å². The molecule has 0 spiro atoms. The summed E-state index contributed by atoms with van der Waals surface area (Å²) in [6.45, 7) is 8.75. The molecule has 1 heterocycles. The maximum atomic E-state index is 11.7. The van der Waals surface area contributed by atoms with E-state index in [4.69, 9.17) is 9.93 Å². The van der Waals surface area contributed by atoms with Crippen molar-refractivity contribution in [2.24, 2.45) is 5.92 Å². The highest BCUT2D eigenvalue weighted by molar-refractivity contribution is 7.47. The molecule has 2 N–H and O–H groups in total. The van der Waals surface area contributed by atoms with E-state index in [9.17, 15) is 9.46 Å². The summed E-state index contributed by atoms with van der Waals surface area (Å²) in [6, 6.07) is 1.90. The minimum absolute atomic E-state index is 0.183. The molecule has 1 aromatic heterocycles. The van der Waals surface area contributed by atoms with Crippen molar-refractivity contribution in [2.45, 2.75) is 65.5 Å². The number of aromatic nitrogens is 2. The van der Waals surface area contributed by atoms with Gasteiger partial charge in [-0.05, 0) is 37.2 Å². The molecule has 7 nitrogen and oxygen atoms in total. The Hall–Kier alpha value is -1.01. The zero-order valence-electron chi connectivity index (χ0n) is 15.2. The Balaban J connectivity index is 2.76. The van der Waals surface area contributed by atoms with Crippen LogP contribution >= 0.6 is 7.82 Å². The van der Waals surface area contributed by atoms with Crippen LogP contribution in [-0.4, -0.2) is 27.7 Å². The Labute approximate surface area is 144 Å². The third-order valence-electron chi connectivity index (χ3n) is 3.79. The highest BCUT2D eigenvalue weighted by atomic mass is 31.2. The molecular formula is C16H30N3O4P. The lowest BCUT2D eigenvalue weighted by molar-refractivity contribution is 0.0999. The predicted octanol–water partition coefficient (Wildman–Crippen LogP) is 3.44. The van der Waals surface area contributed by atoms with Crippen molar-refractivity contribution in [1.82, 2.24) is 9.55 Å². The molecule has 24 heavy (non-hydrogen) atoms. The summed E-state index contributed by atoms with van der Waals surface area (Å²) in [5, 5.41) is 8.02. The molecule has 0 aliphatic carbocycles. The van der Waals surface area contributed by atoms with Crippen molar-refractivity contribution in [3.63, 3.8) is 0 Å². The van der Waals surface area contributed by atoms with E-state index in [1.807, 2.05) is 26.1 Å². The number of phosphoric acid groups is 1. The molecule has 0 aromatic carbocycles. The van der Waals surface area contributed by atoms with Crippen molar-refractivity contribution in [1.29, 1.82) is 5.41 Å². The SMILES string of the molecule is COP(=O)(O)OC(CCC(C)C)CCn1ccc(C(C)C)nc1=N. The first kappa shape index (κ1) is 21.0. The molecule has 8 heteroatoms. The van der Waals surface area contributed by atoms with Crippen LogP contribution in [-0.2, 0) is 20.2 Å². The fourth-order valence-corrected chi connectivity index (χ4v) is 2.92. The van der Waals surface area contributed by atoms with Crippen LogP contribution in [0.15, 0.2) is 12.3 Å². The lowest BCUT2D eigenvalue weighted by Crippen LogP contribution is -2.26. The lowest BCUT2D eigenvalue weighted by atomic mass is 10.0. The number of rotatable bonds is 10. The Morgan fingerprint density at radius 3 is 2.46 bits per heavy atom. The van der Waals surface area contributed by atoms with Crippen LogP contribution in [0.3, 0.4) is 0 Å². The second kappa shape index (κ2) is 9.47. The Morgan fingerprint density at radius 1 is 1.29 bits per heavy atom. The van der Waals surface area contributed by atoms with E-state index < -0.39 is 13.9 Å². The molecule has 2 unspecified atom stereocenters. The largest absolute Gasteiger partial charge is 0.472 e. The van der Waals surface area contributed by atoms with E-state index in [0.29, 0.717) is 25.3 Å². The normalized spacial score (nSPS) is 15.7. The molecule has 1 aromatic rings. The van der Waals surface area contributed by atoms with Crippen LogP contribution in [0.4, 0.5) is 0 Å². The molecule has 0 fully saturated rings. The zero-order valence-corrected chi connectivity index (χ0v) is 16.1. The molecule has 0 saturated heterocycles. The van der Waals surface area contributed by atoms with Crippen LogP contribution in [0.25, 0.3) is 0 Å². The summed E-state index contributed by atoms with van der Waals surface area (Å²) in [5.74, 6) is 0.746. The van der Waals surface area contributed by atoms with Gasteiger partial charge in [-0.25, -0.2) is 9.55 Å². The average molecular weight is 359 g/mol. The summed E-state index contributed by atoms with van der Waals surface area (Å²) in [7, 11) is -2.86. The Bertz CT molecular complexity index is 616. The van der Waals surface area contributed by atoms with Gasteiger partial charge in [0.2, 0.25) is 5.62 Å². The molecule has 0 radical (unpaired) electrons. The molecule has 0 bridgehead atoms. The Kier molecular flexibility index (Phi) is 8.30. The van der Waals surface area contributed by atoms with Crippen LogP contribution in [0, 0.1) is 11.3 Å². The second-order valence-electron chi connectivity index (χ2n) is 6.66. The minimum atomic E-state index is -4.02. The highest BCUT2D eigenvalue weighted by Crippen LogP contribution is 2.44. The van der Waals surface area contributed by atoms with E-state index in [1.54, 1.807) is 4.57 Å². The number of hydrogen-bond donors (Lipinski definition) is 2. The fraction of sp³-hybridized carbons (Fsp3) is 0.750. The standard InChI is InChI=1S/C16H30N3O4P/c1-12(2)6-7-14(23-24(20,21)22-5)8-10-19-11-9-15(13(3)4)18-16(19)17/h9,11-14,17H,6-8,10H2,1-5H3,(H,20,21). The number of hydrogen-bond acceptors (Lipinski definition) is 5. The van der Waals surface area contributed by atoms with E-state index >= 15 is 0 Å². The second-order valence-corrected chi connectivity index (χ2v) is 8.18. The van der Waals surface area contributed by atoms with E-state index in [0.717, 1.165) is 19.2 Å². The smallest absolute Gasteiger partial charge is 0.318 e. The fourth-order valence-electron chi connectivity index (χ4n) is 2.25. The third kappa shape index (κ3) is 7.26. The van der Waals surface area contributed by atoms with Gasteiger partial charge in [-0.2, -0.15) is 0 Å². The van der Waals surface area contributed by atoms with Gasteiger partial charge < -0.3 is 9.46 Å². The van der Waals surface area contributed by atoms with Crippen molar-refractivity contribution >= 4 is 7.82 Å². The van der Waals surface area contributed by atoms with Gasteiger partial charge in [-0.15, -0.1) is 0 Å². The molecule has 1 rings (SSSR count). The number of phosphoric ester groups is 1. The van der Waals surface area contributed by atoms with Crippen molar-refractivity contribution in [2.75, 3.05) is 7.11 Å². The molecular weight excluding hydrogens is 329 g/mol. The molecule has 138 valence electrons. The highest BCUT2D eigenvalue weighted by Gasteiger charge is 2.25. The number of nitrogens with one attached hydrogen (secondary N) is 1. The van der Waals surface area contributed by atoms with Crippen molar-refractivity contribution in [3.05, 3.63) is 23.6 Å². The first-order valence-corrected chi connectivity index (χ1v) is 9.83. The van der Waals surface area contributed by atoms with Gasteiger partial charge in [0.25, 0.3) is 0 Å². The maximum Gasteiger partial charge on any atom is 0.472 e. The summed E-state index contributed by atoms with van der Waals surface area (Å²) < 4.78 is 23.2. The van der Waals surface area contributed by atoms with Gasteiger partial charge in [0.1, 0.15) is 0 Å². The number of aryl methyl sites for hydroxylation is 1. The van der Waals surface area contributed by atoms with Gasteiger partial charge >= 0.3 is 7.82 Å². The molecule has 0 aliphatic rings. The first-order valence-electron chi connectivity index (χ1n) is 8.33. The topological polar surface area (TPSA) is 97.4 Å². The van der Waals surface area contributed by atoms with Crippen LogP contribution in [0.2, 0.25) is 0 Å². The zero-order chi connectivity index (χ0) is 18.3. The average Bonchev–Trinajstić information content (AvgIpc) is 2.50. The van der Waals surface area contributed by atoms with Crippen LogP contribution < -0.4 is 5.62 Å². The van der Waals surface area contributed by atoms with E-state index in [-0.39, 0.29) is 11.5 Å². The molecule has 0 amide bonds.